The summed E-state index contributed by atoms with van der Waals surface area (Å²) in [5.74, 6) is -0.00584. The Morgan fingerprint density at radius 2 is 2.40 bits per heavy atom. The first-order valence-electron chi connectivity index (χ1n) is 5.93. The van der Waals surface area contributed by atoms with Gasteiger partial charge in [-0.2, -0.15) is 0 Å². The van der Waals surface area contributed by atoms with Crippen LogP contribution in [0.1, 0.15) is 23.0 Å². The van der Waals surface area contributed by atoms with Crippen molar-refractivity contribution in [1.82, 2.24) is 9.97 Å². The number of nitrogen functional groups attached to an aromatic ring is 1. The maximum atomic E-state index is 11.7. The van der Waals surface area contributed by atoms with E-state index in [0.29, 0.717) is 12.4 Å². The van der Waals surface area contributed by atoms with Crippen molar-refractivity contribution in [1.29, 1.82) is 0 Å². The van der Waals surface area contributed by atoms with E-state index in [1.807, 2.05) is 0 Å². The minimum atomic E-state index is -0.487. The Balaban J connectivity index is 2.10. The fourth-order valence-corrected chi connectivity index (χ4v) is 2.12. The van der Waals surface area contributed by atoms with Gasteiger partial charge in [-0.05, 0) is 13.0 Å². The van der Waals surface area contributed by atoms with E-state index in [0.717, 1.165) is 17.0 Å². The molecule has 0 saturated heterocycles. The topological polar surface area (TPSA) is 110 Å². The van der Waals surface area contributed by atoms with E-state index in [2.05, 4.69) is 15.3 Å². The number of carbonyl (C=O) groups is 1. The number of aromatic nitrogens is 2. The maximum Gasteiger partial charge on any atom is 0.340 e. The smallest absolute Gasteiger partial charge is 0.340 e. The average Bonchev–Trinajstić information content (AvgIpc) is 2.84. The van der Waals surface area contributed by atoms with Crippen LogP contribution >= 0.6 is 11.3 Å². The molecule has 0 unspecified atom stereocenters. The van der Waals surface area contributed by atoms with Crippen LogP contribution in [0.25, 0.3) is 0 Å². The van der Waals surface area contributed by atoms with Gasteiger partial charge in [-0.25, -0.2) is 9.78 Å². The first-order chi connectivity index (χ1) is 9.60. The number of nitrogens with one attached hydrogen (secondary N) is 2. The summed E-state index contributed by atoms with van der Waals surface area (Å²) in [4.78, 5) is 29.3. The highest BCUT2D eigenvalue weighted by Gasteiger charge is 2.12. The summed E-state index contributed by atoms with van der Waals surface area (Å²) in [5.41, 5.74) is 6.97. The molecule has 0 atom stereocenters. The summed E-state index contributed by atoms with van der Waals surface area (Å²) in [6.07, 6.45) is 1.39. The van der Waals surface area contributed by atoms with Crippen LogP contribution in [-0.2, 0) is 11.3 Å². The third-order valence-corrected chi connectivity index (χ3v) is 3.18. The van der Waals surface area contributed by atoms with Crippen molar-refractivity contribution >= 4 is 28.8 Å². The molecule has 2 aromatic heterocycles. The van der Waals surface area contributed by atoms with E-state index in [9.17, 15) is 9.59 Å². The normalized spacial score (nSPS) is 10.2. The molecule has 2 rings (SSSR count). The highest BCUT2D eigenvalue weighted by Crippen LogP contribution is 2.16. The summed E-state index contributed by atoms with van der Waals surface area (Å²) in [7, 11) is 0. The van der Waals surface area contributed by atoms with Gasteiger partial charge in [0.2, 0.25) is 0 Å². The van der Waals surface area contributed by atoms with Gasteiger partial charge in [0, 0.05) is 11.1 Å². The number of rotatable bonds is 5. The lowest BCUT2D eigenvalue weighted by molar-refractivity contribution is 0.0527. The van der Waals surface area contributed by atoms with Crippen LogP contribution in [0.3, 0.4) is 0 Å². The zero-order chi connectivity index (χ0) is 14.5. The van der Waals surface area contributed by atoms with Gasteiger partial charge in [0.25, 0.3) is 0 Å². The highest BCUT2D eigenvalue weighted by molar-refractivity contribution is 7.07. The summed E-state index contributed by atoms with van der Waals surface area (Å²) in [6.45, 7) is 2.40. The van der Waals surface area contributed by atoms with Crippen LogP contribution in [0.4, 0.5) is 11.5 Å². The molecule has 0 fully saturated rings. The molecule has 4 N–H and O–H groups in total. The standard InChI is InChI=1S/C12H14N4O3S/c1-2-19-11(17)8-3-10(15-5-9(8)13)14-4-7-6-20-12(18)16-7/h3,5-6H,2,4,13H2,1H3,(H,14,15)(H,16,18). The summed E-state index contributed by atoms with van der Waals surface area (Å²) in [6, 6.07) is 1.53. The minimum absolute atomic E-state index is 0.112. The van der Waals surface area contributed by atoms with Gasteiger partial charge in [-0.1, -0.05) is 11.3 Å². The molecule has 0 aliphatic heterocycles. The van der Waals surface area contributed by atoms with Crippen molar-refractivity contribution in [2.75, 3.05) is 17.7 Å². The van der Waals surface area contributed by atoms with E-state index in [4.69, 9.17) is 10.5 Å². The number of carbonyl (C=O) groups excluding carboxylic acids is 1. The fraction of sp³-hybridized carbons (Fsp3) is 0.250. The molecule has 0 aromatic carbocycles. The molecule has 20 heavy (non-hydrogen) atoms. The molecule has 8 heteroatoms. The molecule has 2 heterocycles. The number of ether oxygens (including phenoxy) is 1. The number of nitrogens with two attached hydrogens (primary N) is 1. The second-order valence-corrected chi connectivity index (χ2v) is 4.75. The van der Waals surface area contributed by atoms with Gasteiger partial charge in [0.1, 0.15) is 5.82 Å². The van der Waals surface area contributed by atoms with E-state index < -0.39 is 5.97 Å². The van der Waals surface area contributed by atoms with Gasteiger partial charge in [0.15, 0.2) is 0 Å². The SMILES string of the molecule is CCOC(=O)c1cc(NCc2csc(=O)[nH]2)ncc1N. The second kappa shape index (κ2) is 6.20. The predicted octanol–water partition coefficient (Wildman–Crippen LogP) is 1.20. The number of anilines is 2. The Bertz CT molecular complexity index is 665. The number of pyridine rings is 1. The Morgan fingerprint density at radius 1 is 1.60 bits per heavy atom. The summed E-state index contributed by atoms with van der Waals surface area (Å²) < 4.78 is 4.91. The minimum Gasteiger partial charge on any atom is -0.462 e. The fourth-order valence-electron chi connectivity index (χ4n) is 1.53. The molecule has 106 valence electrons. The monoisotopic (exact) mass is 294 g/mol. The third-order valence-electron chi connectivity index (χ3n) is 2.46. The van der Waals surface area contributed by atoms with E-state index in [1.165, 1.54) is 12.3 Å². The molecule has 0 amide bonds. The lowest BCUT2D eigenvalue weighted by Crippen LogP contribution is -2.10. The number of nitrogens with zero attached hydrogens (tertiary/aromatic N) is 1. The van der Waals surface area contributed by atoms with E-state index >= 15 is 0 Å². The van der Waals surface area contributed by atoms with Crippen molar-refractivity contribution < 1.29 is 9.53 Å². The van der Waals surface area contributed by atoms with Gasteiger partial charge >= 0.3 is 10.8 Å². The summed E-state index contributed by atoms with van der Waals surface area (Å²) >= 11 is 1.09. The average molecular weight is 294 g/mol. The number of hydrogen-bond acceptors (Lipinski definition) is 7. The molecule has 0 radical (unpaired) electrons. The van der Waals surface area contributed by atoms with E-state index in [-0.39, 0.29) is 22.7 Å². The molecular weight excluding hydrogens is 280 g/mol. The maximum absolute atomic E-state index is 11.7. The summed E-state index contributed by atoms with van der Waals surface area (Å²) in [5, 5.41) is 4.72. The molecule has 0 spiro atoms. The Labute approximate surface area is 118 Å². The first kappa shape index (κ1) is 14.1. The Kier molecular flexibility index (Phi) is 4.36. The molecule has 0 aliphatic carbocycles. The lowest BCUT2D eigenvalue weighted by atomic mass is 10.2. The molecule has 0 aliphatic rings. The third kappa shape index (κ3) is 3.35. The number of hydrogen-bond donors (Lipinski definition) is 3. The van der Waals surface area contributed by atoms with Crippen molar-refractivity contribution in [2.45, 2.75) is 13.5 Å². The number of esters is 1. The van der Waals surface area contributed by atoms with Crippen molar-refractivity contribution in [2.24, 2.45) is 0 Å². The number of H-pyrrole nitrogens is 1. The van der Waals surface area contributed by atoms with Crippen LogP contribution in [0.5, 0.6) is 0 Å². The Morgan fingerprint density at radius 3 is 3.05 bits per heavy atom. The second-order valence-electron chi connectivity index (χ2n) is 3.90. The molecule has 2 aromatic rings. The molecular formula is C12H14N4O3S. The lowest BCUT2D eigenvalue weighted by Gasteiger charge is -2.08. The van der Waals surface area contributed by atoms with Crippen LogP contribution in [0, 0.1) is 0 Å². The van der Waals surface area contributed by atoms with Crippen molar-refractivity contribution in [3.05, 3.63) is 38.6 Å². The quantitative estimate of drug-likeness (QED) is 0.715. The number of aromatic amines is 1. The van der Waals surface area contributed by atoms with Crippen molar-refractivity contribution in [3.8, 4) is 0 Å². The van der Waals surface area contributed by atoms with Gasteiger partial charge in [0.05, 0.1) is 30.6 Å². The van der Waals surface area contributed by atoms with Crippen LogP contribution < -0.4 is 15.9 Å². The van der Waals surface area contributed by atoms with E-state index in [1.54, 1.807) is 12.3 Å². The van der Waals surface area contributed by atoms with Crippen LogP contribution in [0.2, 0.25) is 0 Å². The zero-order valence-corrected chi connectivity index (χ0v) is 11.6. The largest absolute Gasteiger partial charge is 0.462 e. The first-order valence-corrected chi connectivity index (χ1v) is 6.81. The molecule has 7 nitrogen and oxygen atoms in total. The van der Waals surface area contributed by atoms with Crippen molar-refractivity contribution in [3.63, 3.8) is 0 Å². The number of thiazole rings is 1. The Hall–Kier alpha value is -2.35. The van der Waals surface area contributed by atoms with Crippen LogP contribution in [0.15, 0.2) is 22.4 Å². The highest BCUT2D eigenvalue weighted by atomic mass is 32.1. The van der Waals surface area contributed by atoms with Gasteiger partial charge in [-0.3, -0.25) is 4.79 Å². The molecule has 0 saturated carbocycles. The van der Waals surface area contributed by atoms with Crippen LogP contribution in [-0.4, -0.2) is 22.5 Å². The molecule has 0 bridgehead atoms. The predicted molar refractivity (Wildman–Crippen MR) is 76.9 cm³/mol. The van der Waals surface area contributed by atoms with Gasteiger partial charge in [-0.15, -0.1) is 0 Å². The zero-order valence-electron chi connectivity index (χ0n) is 10.8. The van der Waals surface area contributed by atoms with Gasteiger partial charge < -0.3 is 20.8 Å².